The number of halogens is 1. The Hall–Kier alpha value is -0.590. The average Bonchev–Trinajstić information content (AvgIpc) is 2.33. The fraction of sp³-hybridized carbons (Fsp3) is 0.429. The summed E-state index contributed by atoms with van der Waals surface area (Å²) in [5.74, 6) is 0. The Labute approximate surface area is 74.4 Å². The number of hydrogen-bond donors (Lipinski definition) is 0. The highest BCUT2D eigenvalue weighted by Gasteiger charge is 2.06. The van der Waals surface area contributed by atoms with Crippen LogP contribution in [0.5, 0.6) is 0 Å². The van der Waals surface area contributed by atoms with Crippen molar-refractivity contribution in [2.45, 2.75) is 19.8 Å². The lowest BCUT2D eigenvalue weighted by atomic mass is 10.4. The number of nitriles is 1. The molecule has 0 saturated carbocycles. The van der Waals surface area contributed by atoms with Crippen LogP contribution in [0.2, 0.25) is 5.15 Å². The summed E-state index contributed by atoms with van der Waals surface area (Å²) in [5, 5.41) is 9.89. The van der Waals surface area contributed by atoms with Gasteiger partial charge in [-0.05, 0) is 6.42 Å². The van der Waals surface area contributed by atoms with Crippen molar-refractivity contribution in [3.63, 3.8) is 0 Å². The maximum atomic E-state index is 8.40. The molecular weight excluding hydrogens is 180 g/mol. The van der Waals surface area contributed by atoms with E-state index in [2.05, 4.69) is 4.98 Å². The predicted molar refractivity (Wildman–Crippen MR) is 45.8 cm³/mol. The molecule has 0 spiro atoms. The SMILES string of the molecule is CCc1nc(Cl)c(CC#N)s1. The fourth-order valence-corrected chi connectivity index (χ4v) is 1.88. The second-order valence-corrected chi connectivity index (χ2v) is 3.54. The molecule has 0 fully saturated rings. The molecule has 1 aromatic heterocycles. The molecule has 2 nitrogen and oxygen atoms in total. The Morgan fingerprint density at radius 2 is 2.45 bits per heavy atom. The van der Waals surface area contributed by atoms with Gasteiger partial charge in [-0.25, -0.2) is 4.98 Å². The lowest BCUT2D eigenvalue weighted by Crippen LogP contribution is -1.75. The molecule has 0 amide bonds. The molecule has 0 aliphatic heterocycles. The normalized spacial score (nSPS) is 9.55. The molecule has 1 aromatic rings. The number of aryl methyl sites for hydroxylation is 1. The Morgan fingerprint density at radius 1 is 1.73 bits per heavy atom. The zero-order chi connectivity index (χ0) is 8.27. The van der Waals surface area contributed by atoms with Gasteiger partial charge >= 0.3 is 0 Å². The van der Waals surface area contributed by atoms with Gasteiger partial charge in [-0.2, -0.15) is 5.26 Å². The summed E-state index contributed by atoms with van der Waals surface area (Å²) in [6.45, 7) is 2.02. The molecule has 0 N–H and O–H groups in total. The molecule has 0 aromatic carbocycles. The number of nitrogens with zero attached hydrogens (tertiary/aromatic N) is 2. The fourth-order valence-electron chi connectivity index (χ4n) is 0.711. The molecule has 11 heavy (non-hydrogen) atoms. The molecule has 4 heteroatoms. The van der Waals surface area contributed by atoms with E-state index < -0.39 is 0 Å². The standard InChI is InChI=1S/C7H7ClN2S/c1-2-6-10-7(8)5(11-6)3-4-9/h2-3H2,1H3. The smallest absolute Gasteiger partial charge is 0.144 e. The molecule has 1 heterocycles. The summed E-state index contributed by atoms with van der Waals surface area (Å²) < 4.78 is 0. The van der Waals surface area contributed by atoms with Crippen molar-refractivity contribution >= 4 is 22.9 Å². The van der Waals surface area contributed by atoms with Crippen molar-refractivity contribution in [3.8, 4) is 6.07 Å². The van der Waals surface area contributed by atoms with Crippen LogP contribution in [0.4, 0.5) is 0 Å². The summed E-state index contributed by atoms with van der Waals surface area (Å²) in [5.41, 5.74) is 0. The minimum Gasteiger partial charge on any atom is -0.229 e. The lowest BCUT2D eigenvalue weighted by Gasteiger charge is -1.81. The molecule has 0 bridgehead atoms. The number of thiazole rings is 1. The van der Waals surface area contributed by atoms with Gasteiger partial charge in [0.2, 0.25) is 0 Å². The third kappa shape index (κ3) is 1.92. The van der Waals surface area contributed by atoms with E-state index in [0.717, 1.165) is 16.3 Å². The minimum absolute atomic E-state index is 0.372. The van der Waals surface area contributed by atoms with Crippen LogP contribution >= 0.6 is 22.9 Å². The molecule has 0 aliphatic rings. The summed E-state index contributed by atoms with van der Waals surface area (Å²) in [4.78, 5) is 4.96. The van der Waals surface area contributed by atoms with Gasteiger partial charge in [0.25, 0.3) is 0 Å². The summed E-state index contributed by atoms with van der Waals surface area (Å²) in [6.07, 6.45) is 1.26. The first-order valence-electron chi connectivity index (χ1n) is 3.29. The molecule has 0 unspecified atom stereocenters. The van der Waals surface area contributed by atoms with Crippen molar-refractivity contribution in [1.82, 2.24) is 4.98 Å². The summed E-state index contributed by atoms with van der Waals surface area (Å²) >= 11 is 7.27. The van der Waals surface area contributed by atoms with Gasteiger partial charge in [0.05, 0.1) is 22.4 Å². The molecule has 0 radical (unpaired) electrons. The van der Waals surface area contributed by atoms with Crippen LogP contribution in [0, 0.1) is 11.3 Å². The first-order valence-corrected chi connectivity index (χ1v) is 4.48. The van der Waals surface area contributed by atoms with Gasteiger partial charge in [-0.3, -0.25) is 0 Å². The van der Waals surface area contributed by atoms with Gasteiger partial charge in [-0.15, -0.1) is 11.3 Å². The van der Waals surface area contributed by atoms with Crippen molar-refractivity contribution in [2.24, 2.45) is 0 Å². The third-order valence-corrected chi connectivity index (χ3v) is 2.86. The molecule has 1 rings (SSSR count). The molecule has 0 aliphatic carbocycles. The molecule has 58 valence electrons. The average molecular weight is 187 g/mol. The summed E-state index contributed by atoms with van der Waals surface area (Å²) in [7, 11) is 0. The Kier molecular flexibility index (Phi) is 2.86. The van der Waals surface area contributed by atoms with E-state index in [-0.39, 0.29) is 0 Å². The van der Waals surface area contributed by atoms with Gasteiger partial charge < -0.3 is 0 Å². The number of hydrogen-bond acceptors (Lipinski definition) is 3. The first-order chi connectivity index (χ1) is 5.27. The molecular formula is C7H7ClN2S. The zero-order valence-corrected chi connectivity index (χ0v) is 7.67. The summed E-state index contributed by atoms with van der Waals surface area (Å²) in [6, 6.07) is 2.05. The van der Waals surface area contributed by atoms with Crippen molar-refractivity contribution in [1.29, 1.82) is 5.26 Å². The van der Waals surface area contributed by atoms with Gasteiger partial charge in [-0.1, -0.05) is 18.5 Å². The van der Waals surface area contributed by atoms with Crippen molar-refractivity contribution < 1.29 is 0 Å². The van der Waals surface area contributed by atoms with E-state index in [0.29, 0.717) is 11.6 Å². The maximum absolute atomic E-state index is 8.40. The highest BCUT2D eigenvalue weighted by atomic mass is 35.5. The van der Waals surface area contributed by atoms with Gasteiger partial charge in [0.15, 0.2) is 0 Å². The van der Waals surface area contributed by atoms with Crippen LogP contribution in [0.3, 0.4) is 0 Å². The Bertz CT molecular complexity index is 287. The van der Waals surface area contributed by atoms with Crippen LogP contribution < -0.4 is 0 Å². The minimum atomic E-state index is 0.372. The van der Waals surface area contributed by atoms with Crippen LogP contribution in [0.25, 0.3) is 0 Å². The zero-order valence-electron chi connectivity index (χ0n) is 6.09. The number of rotatable bonds is 2. The van der Waals surface area contributed by atoms with Crippen LogP contribution in [0.1, 0.15) is 16.8 Å². The van der Waals surface area contributed by atoms with E-state index in [1.165, 1.54) is 11.3 Å². The van der Waals surface area contributed by atoms with Gasteiger partial charge in [0.1, 0.15) is 5.15 Å². The maximum Gasteiger partial charge on any atom is 0.144 e. The second kappa shape index (κ2) is 3.70. The lowest BCUT2D eigenvalue weighted by molar-refractivity contribution is 1.09. The van der Waals surface area contributed by atoms with Gasteiger partial charge in [0, 0.05) is 0 Å². The van der Waals surface area contributed by atoms with E-state index in [4.69, 9.17) is 16.9 Å². The number of aromatic nitrogens is 1. The quantitative estimate of drug-likeness (QED) is 0.712. The van der Waals surface area contributed by atoms with Crippen molar-refractivity contribution in [2.75, 3.05) is 0 Å². The third-order valence-electron chi connectivity index (χ3n) is 1.24. The highest BCUT2D eigenvalue weighted by Crippen LogP contribution is 2.23. The van der Waals surface area contributed by atoms with Crippen LogP contribution in [-0.4, -0.2) is 4.98 Å². The predicted octanol–water partition coefficient (Wildman–Crippen LogP) is 2.42. The topological polar surface area (TPSA) is 36.7 Å². The van der Waals surface area contributed by atoms with Crippen molar-refractivity contribution in [3.05, 3.63) is 15.0 Å². The highest BCUT2D eigenvalue weighted by molar-refractivity contribution is 7.12. The van der Waals surface area contributed by atoms with Crippen LogP contribution in [0.15, 0.2) is 0 Å². The Balaban J connectivity index is 2.90. The monoisotopic (exact) mass is 186 g/mol. The van der Waals surface area contributed by atoms with E-state index in [9.17, 15) is 0 Å². The molecule has 0 saturated heterocycles. The van der Waals surface area contributed by atoms with E-state index in [1.807, 2.05) is 13.0 Å². The second-order valence-electron chi connectivity index (χ2n) is 2.01. The van der Waals surface area contributed by atoms with E-state index >= 15 is 0 Å². The van der Waals surface area contributed by atoms with Crippen LogP contribution in [-0.2, 0) is 12.8 Å². The Morgan fingerprint density at radius 3 is 2.91 bits per heavy atom. The largest absolute Gasteiger partial charge is 0.229 e. The first kappa shape index (κ1) is 8.51. The molecule has 0 atom stereocenters. The van der Waals surface area contributed by atoms with E-state index in [1.54, 1.807) is 0 Å².